The van der Waals surface area contributed by atoms with Gasteiger partial charge in [-0.25, -0.2) is 4.79 Å². The van der Waals surface area contributed by atoms with Crippen LogP contribution in [-0.4, -0.2) is 41.5 Å². The normalized spacial score (nSPS) is 11.1. The highest BCUT2D eigenvalue weighted by atomic mass is 16.5. The number of hydrogen-bond donors (Lipinski definition) is 0. The molecule has 196 valence electrons. The predicted octanol–water partition coefficient (Wildman–Crippen LogP) is 5.58. The van der Waals surface area contributed by atoms with Gasteiger partial charge in [0.15, 0.2) is 0 Å². The van der Waals surface area contributed by atoms with E-state index >= 15 is 0 Å². The van der Waals surface area contributed by atoms with E-state index in [-0.39, 0.29) is 18.4 Å². The fourth-order valence-corrected chi connectivity index (χ4v) is 4.28. The van der Waals surface area contributed by atoms with Gasteiger partial charge in [-0.1, -0.05) is 66.7 Å². The summed E-state index contributed by atoms with van der Waals surface area (Å²) in [4.78, 5) is 26.6. The number of esters is 1. The molecule has 0 bridgehead atoms. The topological polar surface area (TPSA) is 60.8 Å². The van der Waals surface area contributed by atoms with Crippen molar-refractivity contribution in [3.05, 3.63) is 114 Å². The minimum atomic E-state index is -0.363. The molecule has 0 radical (unpaired) electrons. The van der Waals surface area contributed by atoms with Crippen molar-refractivity contribution < 1.29 is 19.1 Å². The maximum atomic E-state index is 13.1. The van der Waals surface area contributed by atoms with E-state index in [0.717, 1.165) is 34.2 Å². The van der Waals surface area contributed by atoms with Crippen LogP contribution in [0.15, 0.2) is 97.2 Å². The van der Waals surface area contributed by atoms with Crippen LogP contribution in [0.3, 0.4) is 0 Å². The van der Waals surface area contributed by atoms with Gasteiger partial charge in [-0.15, -0.1) is 0 Å². The minimum absolute atomic E-state index is 0.0378. The van der Waals surface area contributed by atoms with Gasteiger partial charge in [0, 0.05) is 36.8 Å². The van der Waals surface area contributed by atoms with Crippen LogP contribution in [0.5, 0.6) is 5.75 Å². The van der Waals surface area contributed by atoms with Crippen molar-refractivity contribution in [3.8, 4) is 5.75 Å². The quantitative estimate of drug-likeness (QED) is 0.184. The minimum Gasteiger partial charge on any atom is -0.489 e. The number of fused-ring (bicyclic) bond motifs is 1. The van der Waals surface area contributed by atoms with Gasteiger partial charge in [0.2, 0.25) is 5.91 Å². The van der Waals surface area contributed by atoms with Crippen molar-refractivity contribution in [3.63, 3.8) is 0 Å². The lowest BCUT2D eigenvalue weighted by Crippen LogP contribution is -2.31. The van der Waals surface area contributed by atoms with Crippen LogP contribution in [0.25, 0.3) is 10.9 Å². The van der Waals surface area contributed by atoms with Crippen LogP contribution in [0.1, 0.15) is 23.6 Å². The molecule has 38 heavy (non-hydrogen) atoms. The molecule has 1 amide bonds. The van der Waals surface area contributed by atoms with Gasteiger partial charge in [0.25, 0.3) is 0 Å². The summed E-state index contributed by atoms with van der Waals surface area (Å²) in [7, 11) is 1.84. The molecule has 4 aromatic rings. The molecule has 3 aromatic carbocycles. The number of allylic oxidation sites excluding steroid dienone is 1. The molecule has 0 aliphatic heterocycles. The third kappa shape index (κ3) is 7.35. The summed E-state index contributed by atoms with van der Waals surface area (Å²) in [5.74, 6) is 0.426. The number of aromatic nitrogens is 1. The monoisotopic (exact) mass is 510 g/mol. The summed E-state index contributed by atoms with van der Waals surface area (Å²) in [6, 6.07) is 26.1. The molecule has 0 saturated heterocycles. The molecule has 1 heterocycles. The molecule has 1 aromatic heterocycles. The summed E-state index contributed by atoms with van der Waals surface area (Å²) >= 11 is 0. The molecule has 0 saturated carbocycles. The SMILES string of the molecule is CCOC(=O)C=CCc1cn(CC(=O)N(C)CCc2ccccc2)c2ccc(OCc3ccccc3)cc12. The van der Waals surface area contributed by atoms with E-state index in [2.05, 4.69) is 12.1 Å². The van der Waals surface area contributed by atoms with Gasteiger partial charge in [0.1, 0.15) is 18.9 Å². The molecule has 0 aliphatic carbocycles. The number of hydrogen-bond acceptors (Lipinski definition) is 4. The lowest BCUT2D eigenvalue weighted by atomic mass is 10.1. The standard InChI is InChI=1S/C32H34N2O4/c1-3-37-32(36)16-10-15-27-22-34(23-31(35)33(2)20-19-25-11-6-4-7-12-25)30-18-17-28(21-29(27)30)38-24-26-13-8-5-9-14-26/h4-14,16-18,21-22H,3,15,19-20,23-24H2,1-2H3. The van der Waals surface area contributed by atoms with Gasteiger partial charge in [-0.05, 0) is 54.7 Å². The van der Waals surface area contributed by atoms with E-state index in [1.54, 1.807) is 17.9 Å². The highest BCUT2D eigenvalue weighted by Crippen LogP contribution is 2.27. The molecule has 6 nitrogen and oxygen atoms in total. The average Bonchev–Trinajstić information content (AvgIpc) is 3.28. The van der Waals surface area contributed by atoms with Crippen molar-refractivity contribution >= 4 is 22.8 Å². The molecule has 6 heteroatoms. The van der Waals surface area contributed by atoms with E-state index in [0.29, 0.717) is 26.2 Å². The number of likely N-dealkylation sites (N-methyl/N-ethyl adjacent to an activating group) is 1. The largest absolute Gasteiger partial charge is 0.489 e. The number of benzene rings is 3. The van der Waals surface area contributed by atoms with Crippen LogP contribution in [0, 0.1) is 0 Å². The summed E-state index contributed by atoms with van der Waals surface area (Å²) in [6.45, 7) is 3.47. The lowest BCUT2D eigenvalue weighted by molar-refractivity contribution is -0.137. The molecular formula is C32H34N2O4. The van der Waals surface area contributed by atoms with Gasteiger partial charge in [-0.3, -0.25) is 4.79 Å². The first-order chi connectivity index (χ1) is 18.5. The number of carbonyl (C=O) groups excluding carboxylic acids is 2. The number of carbonyl (C=O) groups is 2. The maximum Gasteiger partial charge on any atom is 0.330 e. The first-order valence-electron chi connectivity index (χ1n) is 12.9. The maximum absolute atomic E-state index is 13.1. The first kappa shape index (κ1) is 26.7. The fourth-order valence-electron chi connectivity index (χ4n) is 4.28. The summed E-state index contributed by atoms with van der Waals surface area (Å²) in [5.41, 5.74) is 4.25. The molecule has 0 fully saturated rings. The zero-order valence-corrected chi connectivity index (χ0v) is 22.0. The summed E-state index contributed by atoms with van der Waals surface area (Å²) in [6.07, 6.45) is 6.57. The Morgan fingerprint density at radius 2 is 1.66 bits per heavy atom. The van der Waals surface area contributed by atoms with Crippen LogP contribution in [-0.2, 0) is 40.3 Å². The Morgan fingerprint density at radius 3 is 2.37 bits per heavy atom. The van der Waals surface area contributed by atoms with Crippen molar-refractivity contribution in [2.75, 3.05) is 20.2 Å². The lowest BCUT2D eigenvalue weighted by Gasteiger charge is -2.18. The number of ether oxygens (including phenoxy) is 2. The van der Waals surface area contributed by atoms with Crippen LogP contribution in [0.4, 0.5) is 0 Å². The zero-order chi connectivity index (χ0) is 26.7. The fraction of sp³-hybridized carbons (Fsp3) is 0.250. The van der Waals surface area contributed by atoms with Gasteiger partial charge < -0.3 is 18.9 Å². The van der Waals surface area contributed by atoms with Crippen molar-refractivity contribution in [2.45, 2.75) is 32.9 Å². The van der Waals surface area contributed by atoms with Gasteiger partial charge in [0.05, 0.1) is 6.61 Å². The highest BCUT2D eigenvalue weighted by Gasteiger charge is 2.15. The molecule has 0 unspecified atom stereocenters. The van der Waals surface area contributed by atoms with Crippen LogP contribution in [0.2, 0.25) is 0 Å². The van der Waals surface area contributed by atoms with E-state index in [1.807, 2.05) is 84.5 Å². The second kappa shape index (κ2) is 13.3. The molecule has 4 rings (SSSR count). The average molecular weight is 511 g/mol. The molecule has 0 N–H and O–H groups in total. The van der Waals surface area contributed by atoms with Gasteiger partial charge in [-0.2, -0.15) is 0 Å². The Kier molecular flexibility index (Phi) is 9.35. The Balaban J connectivity index is 1.51. The van der Waals surface area contributed by atoms with Crippen LogP contribution < -0.4 is 4.74 Å². The van der Waals surface area contributed by atoms with Crippen molar-refractivity contribution in [1.29, 1.82) is 0 Å². The second-order valence-electron chi connectivity index (χ2n) is 9.14. The molecule has 0 aliphatic rings. The summed E-state index contributed by atoms with van der Waals surface area (Å²) < 4.78 is 13.0. The molecule has 0 spiro atoms. The zero-order valence-electron chi connectivity index (χ0n) is 22.0. The Labute approximate surface area is 224 Å². The third-order valence-corrected chi connectivity index (χ3v) is 6.37. The number of nitrogens with zero attached hydrogens (tertiary/aromatic N) is 2. The Bertz CT molecular complexity index is 1380. The Morgan fingerprint density at radius 1 is 0.947 bits per heavy atom. The number of rotatable bonds is 12. The van der Waals surface area contributed by atoms with E-state index in [9.17, 15) is 9.59 Å². The second-order valence-corrected chi connectivity index (χ2v) is 9.14. The smallest absolute Gasteiger partial charge is 0.330 e. The summed E-state index contributed by atoms with van der Waals surface area (Å²) in [5, 5.41) is 0.990. The van der Waals surface area contributed by atoms with E-state index in [1.165, 1.54) is 11.6 Å². The van der Waals surface area contributed by atoms with E-state index in [4.69, 9.17) is 9.47 Å². The van der Waals surface area contributed by atoms with Gasteiger partial charge >= 0.3 is 5.97 Å². The highest BCUT2D eigenvalue weighted by molar-refractivity contribution is 5.88. The van der Waals surface area contributed by atoms with Crippen molar-refractivity contribution in [2.24, 2.45) is 0 Å². The third-order valence-electron chi connectivity index (χ3n) is 6.37. The van der Waals surface area contributed by atoms with Crippen LogP contribution >= 0.6 is 0 Å². The Hall–Kier alpha value is -4.32. The first-order valence-corrected chi connectivity index (χ1v) is 12.9. The molecular weight excluding hydrogens is 476 g/mol. The molecule has 0 atom stereocenters. The predicted molar refractivity (Wildman–Crippen MR) is 150 cm³/mol. The number of amides is 1. The van der Waals surface area contributed by atoms with Crippen molar-refractivity contribution in [1.82, 2.24) is 9.47 Å². The van der Waals surface area contributed by atoms with E-state index < -0.39 is 0 Å².